The van der Waals surface area contributed by atoms with E-state index in [1.54, 1.807) is 12.4 Å². The van der Waals surface area contributed by atoms with Crippen molar-refractivity contribution in [2.45, 2.75) is 0 Å². The van der Waals surface area contributed by atoms with Gasteiger partial charge in [0.1, 0.15) is 5.92 Å². The second-order valence-electron chi connectivity index (χ2n) is 3.09. The van der Waals surface area contributed by atoms with Crippen LogP contribution in [0.15, 0.2) is 54.9 Å². The van der Waals surface area contributed by atoms with Gasteiger partial charge in [-0.1, -0.05) is 36.4 Å². The average molecular weight is 193 g/mol. The second-order valence-corrected chi connectivity index (χ2v) is 3.09. The monoisotopic (exact) mass is 193 g/mol. The summed E-state index contributed by atoms with van der Waals surface area (Å²) in [6.07, 6.45) is 3.40. The average Bonchev–Trinajstić information content (AvgIpc) is 2.33. The summed E-state index contributed by atoms with van der Waals surface area (Å²) in [6, 6.07) is 15.5. The van der Waals surface area contributed by atoms with Crippen LogP contribution in [0.5, 0.6) is 0 Å². The minimum Gasteiger partial charge on any atom is -0.264 e. The maximum atomic E-state index is 9.12. The van der Waals surface area contributed by atoms with Gasteiger partial charge in [-0.3, -0.25) is 4.98 Å². The third-order valence-corrected chi connectivity index (χ3v) is 2.12. The first-order valence-electron chi connectivity index (χ1n) is 4.64. The number of hydrogen-bond donors (Lipinski definition) is 0. The molecule has 0 bridgehead atoms. The summed E-state index contributed by atoms with van der Waals surface area (Å²) >= 11 is 0. The molecule has 1 aromatic carbocycles. The molecular formula is C13H9N2. The van der Waals surface area contributed by atoms with Crippen LogP contribution >= 0.6 is 0 Å². The van der Waals surface area contributed by atoms with Crippen LogP contribution in [0.2, 0.25) is 0 Å². The zero-order valence-electron chi connectivity index (χ0n) is 8.09. The molecule has 1 aromatic heterocycles. The third kappa shape index (κ3) is 2.03. The van der Waals surface area contributed by atoms with Crippen molar-refractivity contribution in [1.82, 2.24) is 4.98 Å². The fourth-order valence-electron chi connectivity index (χ4n) is 1.41. The van der Waals surface area contributed by atoms with Crippen LogP contribution in [0.4, 0.5) is 0 Å². The Balaban J connectivity index is 2.39. The van der Waals surface area contributed by atoms with Crippen LogP contribution in [0.25, 0.3) is 0 Å². The zero-order valence-corrected chi connectivity index (χ0v) is 8.09. The smallest absolute Gasteiger partial charge is 0.135 e. The summed E-state index contributed by atoms with van der Waals surface area (Å²) in [4.78, 5) is 4.01. The van der Waals surface area contributed by atoms with Crippen molar-refractivity contribution in [3.8, 4) is 6.07 Å². The molecule has 2 aromatic rings. The molecule has 0 amide bonds. The number of rotatable bonds is 2. The topological polar surface area (TPSA) is 36.7 Å². The molecule has 0 saturated carbocycles. The molecule has 2 heteroatoms. The van der Waals surface area contributed by atoms with Crippen molar-refractivity contribution in [2.75, 3.05) is 0 Å². The molecule has 1 radical (unpaired) electrons. The van der Waals surface area contributed by atoms with E-state index in [-0.39, 0.29) is 0 Å². The van der Waals surface area contributed by atoms with E-state index in [0.29, 0.717) is 5.92 Å². The zero-order chi connectivity index (χ0) is 10.5. The van der Waals surface area contributed by atoms with Crippen LogP contribution < -0.4 is 0 Å². The minimum atomic E-state index is 0.656. The van der Waals surface area contributed by atoms with Crippen molar-refractivity contribution in [1.29, 1.82) is 5.26 Å². The van der Waals surface area contributed by atoms with Gasteiger partial charge in [0.05, 0.1) is 6.07 Å². The molecule has 0 atom stereocenters. The van der Waals surface area contributed by atoms with E-state index >= 15 is 0 Å². The number of aromatic nitrogens is 1. The lowest BCUT2D eigenvalue weighted by atomic mass is 9.94. The molecule has 15 heavy (non-hydrogen) atoms. The highest BCUT2D eigenvalue weighted by atomic mass is 14.6. The third-order valence-electron chi connectivity index (χ3n) is 2.12. The van der Waals surface area contributed by atoms with E-state index in [1.165, 1.54) is 0 Å². The van der Waals surface area contributed by atoms with E-state index < -0.39 is 0 Å². The van der Waals surface area contributed by atoms with Crippen LogP contribution in [0.3, 0.4) is 0 Å². The lowest BCUT2D eigenvalue weighted by Gasteiger charge is -2.07. The number of nitrogens with zero attached hydrogens (tertiary/aromatic N) is 2. The summed E-state index contributed by atoms with van der Waals surface area (Å²) in [5, 5.41) is 9.12. The Labute approximate surface area is 88.8 Å². The Morgan fingerprint density at radius 1 is 1.00 bits per heavy atom. The largest absolute Gasteiger partial charge is 0.264 e. The second kappa shape index (κ2) is 4.39. The quantitative estimate of drug-likeness (QED) is 0.735. The highest BCUT2D eigenvalue weighted by molar-refractivity contribution is 5.51. The van der Waals surface area contributed by atoms with Gasteiger partial charge in [0.2, 0.25) is 0 Å². The van der Waals surface area contributed by atoms with Crippen molar-refractivity contribution in [3.63, 3.8) is 0 Å². The van der Waals surface area contributed by atoms with Gasteiger partial charge in [-0.15, -0.1) is 0 Å². The summed E-state index contributed by atoms with van der Waals surface area (Å²) in [5.74, 6) is 0.656. The lowest BCUT2D eigenvalue weighted by molar-refractivity contribution is 1.21. The Bertz CT molecular complexity index is 417. The molecule has 0 N–H and O–H groups in total. The molecule has 0 aliphatic carbocycles. The van der Waals surface area contributed by atoms with Gasteiger partial charge in [0.15, 0.2) is 0 Å². The van der Waals surface area contributed by atoms with Crippen molar-refractivity contribution < 1.29 is 0 Å². The number of benzene rings is 1. The molecule has 0 fully saturated rings. The normalized spacial score (nSPS) is 9.87. The number of nitriles is 1. The fourth-order valence-corrected chi connectivity index (χ4v) is 1.41. The van der Waals surface area contributed by atoms with E-state index in [4.69, 9.17) is 5.26 Å². The first-order chi connectivity index (χ1) is 7.42. The SMILES string of the molecule is N#C[C](c1ccccc1)c1cccnc1. The lowest BCUT2D eigenvalue weighted by Crippen LogP contribution is -1.99. The summed E-state index contributed by atoms with van der Waals surface area (Å²) in [6.45, 7) is 0. The molecule has 2 rings (SSSR count). The Morgan fingerprint density at radius 3 is 2.33 bits per heavy atom. The Hall–Kier alpha value is -2.14. The highest BCUT2D eigenvalue weighted by Crippen LogP contribution is 2.21. The molecule has 0 aliphatic heterocycles. The van der Waals surface area contributed by atoms with Crippen molar-refractivity contribution in [2.24, 2.45) is 0 Å². The van der Waals surface area contributed by atoms with Crippen LogP contribution in [-0.2, 0) is 0 Å². The molecule has 0 saturated heterocycles. The molecule has 0 aliphatic rings. The van der Waals surface area contributed by atoms with Crippen LogP contribution in [0.1, 0.15) is 11.1 Å². The predicted octanol–water partition coefficient (Wildman–Crippen LogP) is 2.58. The first kappa shape index (κ1) is 9.42. The van der Waals surface area contributed by atoms with E-state index in [0.717, 1.165) is 11.1 Å². The molecule has 0 spiro atoms. The van der Waals surface area contributed by atoms with E-state index in [2.05, 4.69) is 11.1 Å². The molecule has 1 heterocycles. The number of hydrogen-bond acceptors (Lipinski definition) is 2. The maximum Gasteiger partial charge on any atom is 0.135 e. The standard InChI is InChI=1S/C13H9N2/c14-9-13(11-5-2-1-3-6-11)12-7-4-8-15-10-12/h1-8,10H. The molecular weight excluding hydrogens is 184 g/mol. The van der Waals surface area contributed by atoms with Gasteiger partial charge in [-0.05, 0) is 17.2 Å². The summed E-state index contributed by atoms with van der Waals surface area (Å²) < 4.78 is 0. The van der Waals surface area contributed by atoms with Gasteiger partial charge < -0.3 is 0 Å². The van der Waals surface area contributed by atoms with E-state index in [1.807, 2.05) is 42.5 Å². The van der Waals surface area contributed by atoms with E-state index in [9.17, 15) is 0 Å². The van der Waals surface area contributed by atoms with Gasteiger partial charge in [0, 0.05) is 12.4 Å². The maximum absolute atomic E-state index is 9.12. The molecule has 0 unspecified atom stereocenters. The van der Waals surface area contributed by atoms with Gasteiger partial charge in [-0.2, -0.15) is 5.26 Å². The molecule has 71 valence electrons. The Kier molecular flexibility index (Phi) is 2.75. The Morgan fingerprint density at radius 2 is 1.73 bits per heavy atom. The van der Waals surface area contributed by atoms with Crippen molar-refractivity contribution >= 4 is 0 Å². The predicted molar refractivity (Wildman–Crippen MR) is 57.7 cm³/mol. The van der Waals surface area contributed by atoms with Gasteiger partial charge in [0.25, 0.3) is 0 Å². The first-order valence-corrected chi connectivity index (χ1v) is 4.64. The number of pyridine rings is 1. The van der Waals surface area contributed by atoms with Gasteiger partial charge in [-0.25, -0.2) is 0 Å². The highest BCUT2D eigenvalue weighted by Gasteiger charge is 2.13. The fraction of sp³-hybridized carbons (Fsp3) is 0. The molecule has 2 nitrogen and oxygen atoms in total. The summed E-state index contributed by atoms with van der Waals surface area (Å²) in [7, 11) is 0. The minimum absolute atomic E-state index is 0.656. The van der Waals surface area contributed by atoms with Crippen LogP contribution in [0, 0.1) is 17.2 Å². The van der Waals surface area contributed by atoms with Crippen LogP contribution in [-0.4, -0.2) is 4.98 Å². The van der Waals surface area contributed by atoms with Crippen molar-refractivity contribution in [3.05, 3.63) is 71.9 Å². The summed E-state index contributed by atoms with van der Waals surface area (Å²) in [5.41, 5.74) is 1.78. The van der Waals surface area contributed by atoms with Gasteiger partial charge >= 0.3 is 0 Å².